The Bertz CT molecular complexity index is 746. The molecular formula is C16H18F2N4O2S. The summed E-state index contributed by atoms with van der Waals surface area (Å²) in [5, 5.41) is 13.9. The summed E-state index contributed by atoms with van der Waals surface area (Å²) in [7, 11) is 0. The molecule has 0 fully saturated rings. The number of aryl methyl sites for hydroxylation is 1. The first kappa shape index (κ1) is 18.9. The Morgan fingerprint density at radius 2 is 1.88 bits per heavy atom. The van der Waals surface area contributed by atoms with Crippen molar-refractivity contribution in [2.75, 3.05) is 5.32 Å². The number of amides is 2. The van der Waals surface area contributed by atoms with Crippen LogP contribution < -0.4 is 10.6 Å². The Balaban J connectivity index is 1.99. The van der Waals surface area contributed by atoms with Gasteiger partial charge in [0.25, 0.3) is 0 Å². The first-order valence-electron chi connectivity index (χ1n) is 7.72. The number of anilines is 1. The van der Waals surface area contributed by atoms with Crippen molar-refractivity contribution in [1.29, 1.82) is 0 Å². The van der Waals surface area contributed by atoms with Crippen LogP contribution in [0, 0.1) is 18.6 Å². The summed E-state index contributed by atoms with van der Waals surface area (Å²) in [5.41, 5.74) is 0.199. The van der Waals surface area contributed by atoms with Gasteiger partial charge in [-0.2, -0.15) is 0 Å². The fourth-order valence-electron chi connectivity index (χ4n) is 2.24. The normalized spacial score (nSPS) is 11.8. The molecule has 0 spiro atoms. The zero-order valence-corrected chi connectivity index (χ0v) is 14.6. The second-order valence-electron chi connectivity index (χ2n) is 5.48. The molecule has 9 heteroatoms. The highest BCUT2D eigenvalue weighted by Crippen LogP contribution is 2.14. The van der Waals surface area contributed by atoms with E-state index in [1.807, 2.05) is 6.92 Å². The number of carbonyl (C=O) groups excluding carboxylic acids is 2. The van der Waals surface area contributed by atoms with E-state index < -0.39 is 29.5 Å². The van der Waals surface area contributed by atoms with E-state index in [2.05, 4.69) is 20.8 Å². The van der Waals surface area contributed by atoms with Gasteiger partial charge in [0, 0.05) is 6.07 Å². The van der Waals surface area contributed by atoms with Crippen molar-refractivity contribution in [1.82, 2.24) is 15.5 Å². The van der Waals surface area contributed by atoms with Crippen LogP contribution in [0.4, 0.5) is 13.9 Å². The fourth-order valence-corrected chi connectivity index (χ4v) is 2.84. The molecule has 2 amide bonds. The van der Waals surface area contributed by atoms with Crippen LogP contribution in [0.1, 0.15) is 30.3 Å². The van der Waals surface area contributed by atoms with Crippen LogP contribution in [0.3, 0.4) is 0 Å². The van der Waals surface area contributed by atoms with Crippen LogP contribution in [0.25, 0.3) is 0 Å². The molecule has 2 aromatic rings. The van der Waals surface area contributed by atoms with E-state index in [9.17, 15) is 18.4 Å². The number of hydrogen-bond donors (Lipinski definition) is 2. The number of aromatic nitrogens is 2. The topological polar surface area (TPSA) is 84.0 Å². The van der Waals surface area contributed by atoms with Crippen molar-refractivity contribution in [3.05, 3.63) is 40.4 Å². The maximum Gasteiger partial charge on any atom is 0.248 e. The lowest BCUT2D eigenvalue weighted by atomic mass is 10.1. The maximum absolute atomic E-state index is 13.2. The summed E-state index contributed by atoms with van der Waals surface area (Å²) < 4.78 is 26.4. The number of nitrogens with zero attached hydrogens (tertiary/aromatic N) is 2. The summed E-state index contributed by atoms with van der Waals surface area (Å²) in [4.78, 5) is 24.4. The lowest BCUT2D eigenvalue weighted by Crippen LogP contribution is -2.44. The van der Waals surface area contributed by atoms with Gasteiger partial charge in [-0.05, 0) is 31.0 Å². The highest BCUT2D eigenvalue weighted by molar-refractivity contribution is 7.15. The summed E-state index contributed by atoms with van der Waals surface area (Å²) in [6.45, 7) is 3.64. The Morgan fingerprint density at radius 1 is 1.20 bits per heavy atom. The number of halogens is 2. The van der Waals surface area contributed by atoms with Crippen molar-refractivity contribution in [3.8, 4) is 0 Å². The van der Waals surface area contributed by atoms with E-state index >= 15 is 0 Å². The van der Waals surface area contributed by atoms with Crippen LogP contribution in [-0.4, -0.2) is 28.1 Å². The predicted molar refractivity (Wildman–Crippen MR) is 90.2 cm³/mol. The molecular weight excluding hydrogens is 350 g/mol. The molecule has 1 unspecified atom stereocenters. The maximum atomic E-state index is 13.2. The molecule has 1 aromatic carbocycles. The van der Waals surface area contributed by atoms with Crippen molar-refractivity contribution in [2.24, 2.45) is 0 Å². The van der Waals surface area contributed by atoms with Gasteiger partial charge < -0.3 is 5.32 Å². The molecule has 2 rings (SSSR count). The molecule has 6 nitrogen and oxygen atoms in total. The second-order valence-corrected chi connectivity index (χ2v) is 6.66. The molecule has 134 valence electrons. The summed E-state index contributed by atoms with van der Waals surface area (Å²) >= 11 is 1.23. The minimum absolute atomic E-state index is 0.199. The lowest BCUT2D eigenvalue weighted by Gasteiger charge is -2.17. The molecule has 1 atom stereocenters. The van der Waals surface area contributed by atoms with Gasteiger partial charge >= 0.3 is 0 Å². The van der Waals surface area contributed by atoms with Crippen molar-refractivity contribution >= 4 is 28.3 Å². The van der Waals surface area contributed by atoms with E-state index in [1.165, 1.54) is 11.3 Å². The number of hydrogen-bond acceptors (Lipinski definition) is 5. The third kappa shape index (κ3) is 5.86. The number of rotatable bonds is 7. The van der Waals surface area contributed by atoms with E-state index in [-0.39, 0.29) is 12.0 Å². The molecule has 0 saturated heterocycles. The fraction of sp³-hybridized carbons (Fsp3) is 0.375. The standard InChI is InChI=1S/C16H18F2N4O2S/c1-3-4-13(15(24)20-16-22-21-9(2)25-16)19-14(23)7-10-5-11(17)8-12(18)6-10/h5-6,8,13H,3-4,7H2,1-2H3,(H,19,23)(H,20,22,24). The van der Waals surface area contributed by atoms with Crippen LogP contribution >= 0.6 is 11.3 Å². The molecule has 1 heterocycles. The molecule has 1 aromatic heterocycles. The Kier molecular flexibility index (Phi) is 6.51. The zero-order valence-electron chi connectivity index (χ0n) is 13.8. The largest absolute Gasteiger partial charge is 0.344 e. The molecule has 25 heavy (non-hydrogen) atoms. The minimum Gasteiger partial charge on any atom is -0.344 e. The summed E-state index contributed by atoms with van der Waals surface area (Å²) in [6.07, 6.45) is 0.870. The SMILES string of the molecule is CCCC(NC(=O)Cc1cc(F)cc(F)c1)C(=O)Nc1nnc(C)s1. The molecule has 0 aliphatic rings. The monoisotopic (exact) mass is 368 g/mol. The average Bonchev–Trinajstić information content (AvgIpc) is 2.90. The smallest absolute Gasteiger partial charge is 0.248 e. The van der Waals surface area contributed by atoms with Crippen molar-refractivity contribution in [2.45, 2.75) is 39.2 Å². The highest BCUT2D eigenvalue weighted by atomic mass is 32.1. The first-order chi connectivity index (χ1) is 11.9. The third-order valence-electron chi connectivity index (χ3n) is 3.27. The van der Waals surface area contributed by atoms with Gasteiger partial charge in [-0.15, -0.1) is 10.2 Å². The minimum atomic E-state index is -0.764. The highest BCUT2D eigenvalue weighted by Gasteiger charge is 2.21. The number of carbonyl (C=O) groups is 2. The van der Waals surface area contributed by atoms with E-state index in [4.69, 9.17) is 0 Å². The Hall–Kier alpha value is -2.42. The summed E-state index contributed by atoms with van der Waals surface area (Å²) in [5.74, 6) is -2.40. The quantitative estimate of drug-likeness (QED) is 0.787. The van der Waals surface area contributed by atoms with Crippen LogP contribution in [0.15, 0.2) is 18.2 Å². The van der Waals surface area contributed by atoms with E-state index in [0.717, 1.165) is 18.2 Å². The van der Waals surface area contributed by atoms with E-state index in [1.54, 1.807) is 6.92 Å². The second kappa shape index (κ2) is 8.61. The average molecular weight is 368 g/mol. The van der Waals surface area contributed by atoms with E-state index in [0.29, 0.717) is 23.0 Å². The Morgan fingerprint density at radius 3 is 2.44 bits per heavy atom. The molecule has 0 bridgehead atoms. The molecule has 0 radical (unpaired) electrons. The van der Waals surface area contributed by atoms with Gasteiger partial charge in [0.15, 0.2) is 0 Å². The molecule has 0 aliphatic heterocycles. The third-order valence-corrected chi connectivity index (χ3v) is 4.03. The number of nitrogens with one attached hydrogen (secondary N) is 2. The van der Waals surface area contributed by atoms with Gasteiger partial charge in [0.05, 0.1) is 6.42 Å². The summed E-state index contributed by atoms with van der Waals surface area (Å²) in [6, 6.07) is 2.14. The Labute approximate surface area is 147 Å². The van der Waals surface area contributed by atoms with Gasteiger partial charge in [-0.1, -0.05) is 24.7 Å². The molecule has 2 N–H and O–H groups in total. The van der Waals surface area contributed by atoms with Gasteiger partial charge in [-0.3, -0.25) is 14.9 Å². The lowest BCUT2D eigenvalue weighted by molar-refractivity contribution is -0.126. The number of benzene rings is 1. The van der Waals surface area contributed by atoms with Gasteiger partial charge in [-0.25, -0.2) is 8.78 Å². The van der Waals surface area contributed by atoms with Crippen LogP contribution in [0.5, 0.6) is 0 Å². The van der Waals surface area contributed by atoms with Crippen molar-refractivity contribution in [3.63, 3.8) is 0 Å². The van der Waals surface area contributed by atoms with Gasteiger partial charge in [0.2, 0.25) is 16.9 Å². The van der Waals surface area contributed by atoms with Crippen LogP contribution in [-0.2, 0) is 16.0 Å². The van der Waals surface area contributed by atoms with Crippen molar-refractivity contribution < 1.29 is 18.4 Å². The zero-order chi connectivity index (χ0) is 18.4. The van der Waals surface area contributed by atoms with Crippen LogP contribution in [0.2, 0.25) is 0 Å². The predicted octanol–water partition coefficient (Wildman–Crippen LogP) is 2.59. The molecule has 0 aliphatic carbocycles. The molecule has 0 saturated carbocycles. The first-order valence-corrected chi connectivity index (χ1v) is 8.54. The van der Waals surface area contributed by atoms with Gasteiger partial charge in [0.1, 0.15) is 22.7 Å².